The summed E-state index contributed by atoms with van der Waals surface area (Å²) in [7, 11) is -1.89. The second-order valence-corrected chi connectivity index (χ2v) is 15.3. The summed E-state index contributed by atoms with van der Waals surface area (Å²) in [4.78, 5) is 14.9. The number of rotatable bonds is 10. The van der Waals surface area contributed by atoms with Crippen LogP contribution in [0.25, 0.3) is 11.1 Å². The number of ether oxygens (including phenoxy) is 2. The van der Waals surface area contributed by atoms with Crippen LogP contribution in [0.3, 0.4) is 0 Å². The molecule has 0 spiro atoms. The van der Waals surface area contributed by atoms with Gasteiger partial charge in [-0.15, -0.1) is 0 Å². The second kappa shape index (κ2) is 11.0. The van der Waals surface area contributed by atoms with Crippen molar-refractivity contribution in [2.45, 2.75) is 83.2 Å². The average molecular weight is 508 g/mol. The zero-order chi connectivity index (χ0) is 25.8. The van der Waals surface area contributed by atoms with Gasteiger partial charge in [-0.05, 0) is 67.2 Å². The molecule has 0 saturated heterocycles. The number of nitrogens with zero attached hydrogens (tertiary/aromatic N) is 1. The third-order valence-electron chi connectivity index (χ3n) is 6.74. The number of hydrogen-bond donors (Lipinski definition) is 1. The molecule has 2 aromatic rings. The molecule has 1 fully saturated rings. The highest BCUT2D eigenvalue weighted by molar-refractivity contribution is 6.74. The van der Waals surface area contributed by atoms with Gasteiger partial charge in [-0.1, -0.05) is 20.8 Å². The summed E-state index contributed by atoms with van der Waals surface area (Å²) in [6.45, 7) is 11.0. The minimum absolute atomic E-state index is 0.0926. The van der Waals surface area contributed by atoms with Crippen molar-refractivity contribution < 1.29 is 32.6 Å². The van der Waals surface area contributed by atoms with Crippen LogP contribution in [0.1, 0.15) is 52.9 Å². The van der Waals surface area contributed by atoms with Gasteiger partial charge in [0.25, 0.3) is 0 Å². The minimum Gasteiger partial charge on any atom is -0.488 e. The Morgan fingerprint density at radius 2 is 1.83 bits per heavy atom. The molecule has 2 atom stereocenters. The summed E-state index contributed by atoms with van der Waals surface area (Å²) >= 11 is 0. The molecular formula is C26H35F2NO5Si. The highest BCUT2D eigenvalue weighted by Gasteiger charge is 2.41. The van der Waals surface area contributed by atoms with Gasteiger partial charge in [0.15, 0.2) is 25.7 Å². The first-order valence-electron chi connectivity index (χ1n) is 12.0. The summed E-state index contributed by atoms with van der Waals surface area (Å²) in [6.07, 6.45) is 4.10. The summed E-state index contributed by atoms with van der Waals surface area (Å²) in [5.41, 5.74) is 0.768. The molecule has 1 aromatic carbocycles. The Balaban J connectivity index is 1.70. The first kappa shape index (κ1) is 27.1. The number of carbonyl (C=O) groups is 1. The Labute approximate surface area is 206 Å². The van der Waals surface area contributed by atoms with E-state index in [9.17, 15) is 13.6 Å². The van der Waals surface area contributed by atoms with E-state index >= 15 is 0 Å². The third kappa shape index (κ3) is 7.01. The molecule has 35 heavy (non-hydrogen) atoms. The molecule has 0 bridgehead atoms. The average Bonchev–Trinajstić information content (AvgIpc) is 3.18. The lowest BCUT2D eigenvalue weighted by Gasteiger charge is -2.38. The molecule has 0 amide bonds. The van der Waals surface area contributed by atoms with Crippen LogP contribution >= 0.6 is 0 Å². The molecule has 1 aromatic heterocycles. The van der Waals surface area contributed by atoms with E-state index in [0.29, 0.717) is 11.4 Å². The Hall–Kier alpha value is -2.52. The molecule has 1 heterocycles. The van der Waals surface area contributed by atoms with Crippen LogP contribution in [0.5, 0.6) is 11.6 Å². The number of halogens is 2. The topological polar surface area (TPSA) is 77.9 Å². The Bertz CT molecular complexity index is 1020. The van der Waals surface area contributed by atoms with Gasteiger partial charge in [0.05, 0.1) is 6.61 Å². The first-order chi connectivity index (χ1) is 16.4. The number of aromatic nitrogens is 1. The number of carboxylic acid groups (broad SMARTS) is 1. The lowest BCUT2D eigenvalue weighted by atomic mass is 10.1. The van der Waals surface area contributed by atoms with Crippen molar-refractivity contribution in [2.24, 2.45) is 0 Å². The van der Waals surface area contributed by atoms with Gasteiger partial charge in [-0.2, -0.15) is 0 Å². The summed E-state index contributed by atoms with van der Waals surface area (Å²) < 4.78 is 47.2. The highest BCUT2D eigenvalue weighted by atomic mass is 28.4. The van der Waals surface area contributed by atoms with E-state index in [1.165, 1.54) is 12.1 Å². The van der Waals surface area contributed by atoms with Crippen LogP contribution in [0.2, 0.25) is 18.1 Å². The maximum atomic E-state index is 14.7. The molecule has 192 valence electrons. The molecule has 2 unspecified atom stereocenters. The Morgan fingerprint density at radius 1 is 1.17 bits per heavy atom. The van der Waals surface area contributed by atoms with Crippen molar-refractivity contribution in [2.75, 3.05) is 6.61 Å². The maximum absolute atomic E-state index is 14.7. The fourth-order valence-electron chi connectivity index (χ4n) is 3.82. The highest BCUT2D eigenvalue weighted by Crippen LogP contribution is 2.40. The van der Waals surface area contributed by atoms with Crippen LogP contribution in [0.4, 0.5) is 8.78 Å². The number of aliphatic carboxylic acids is 1. The van der Waals surface area contributed by atoms with Crippen LogP contribution in [0.15, 0.2) is 30.5 Å². The van der Waals surface area contributed by atoms with Gasteiger partial charge in [-0.25, -0.2) is 13.8 Å². The predicted octanol–water partition coefficient (Wildman–Crippen LogP) is 6.59. The normalized spacial score (nSPS) is 18.5. The van der Waals surface area contributed by atoms with Gasteiger partial charge in [-0.3, -0.25) is 4.79 Å². The first-order valence-corrected chi connectivity index (χ1v) is 14.9. The van der Waals surface area contributed by atoms with Gasteiger partial charge >= 0.3 is 5.97 Å². The predicted molar refractivity (Wildman–Crippen MR) is 132 cm³/mol. The summed E-state index contributed by atoms with van der Waals surface area (Å²) in [6, 6.07) is 5.75. The Morgan fingerprint density at radius 3 is 2.46 bits per heavy atom. The number of pyridine rings is 1. The van der Waals surface area contributed by atoms with Gasteiger partial charge < -0.3 is 19.0 Å². The summed E-state index contributed by atoms with van der Waals surface area (Å²) in [5, 5.41) is 8.81. The fourth-order valence-corrected chi connectivity index (χ4v) is 5.22. The van der Waals surface area contributed by atoms with Crippen LogP contribution < -0.4 is 9.47 Å². The van der Waals surface area contributed by atoms with E-state index in [0.717, 1.165) is 19.3 Å². The lowest BCUT2D eigenvalue weighted by molar-refractivity contribution is -0.137. The van der Waals surface area contributed by atoms with Gasteiger partial charge in [0.1, 0.15) is 6.10 Å². The second-order valence-electron chi connectivity index (χ2n) is 10.5. The molecule has 1 saturated carbocycles. The quantitative estimate of drug-likeness (QED) is 0.289. The zero-order valence-electron chi connectivity index (χ0n) is 21.1. The molecule has 9 heteroatoms. The van der Waals surface area contributed by atoms with E-state index < -0.39 is 31.7 Å². The smallest absolute Gasteiger partial charge is 0.303 e. The van der Waals surface area contributed by atoms with E-state index in [1.54, 1.807) is 18.3 Å². The SMILES string of the molecule is CC(C)(C)[Si](C)(C)OC1CCC(Oc2ncccc2-c2cc(F)c(OCCCC(=O)O)c(F)c2)C1. The molecule has 0 aliphatic heterocycles. The van der Waals surface area contributed by atoms with Crippen LogP contribution in [-0.4, -0.2) is 43.2 Å². The largest absolute Gasteiger partial charge is 0.488 e. The number of hydrogen-bond acceptors (Lipinski definition) is 5. The van der Waals surface area contributed by atoms with E-state index in [-0.39, 0.29) is 42.3 Å². The van der Waals surface area contributed by atoms with Crippen molar-refractivity contribution in [3.8, 4) is 22.8 Å². The van der Waals surface area contributed by atoms with Crippen molar-refractivity contribution in [1.29, 1.82) is 0 Å². The molecule has 1 aliphatic carbocycles. The fraction of sp³-hybridized carbons (Fsp3) is 0.538. The lowest BCUT2D eigenvalue weighted by Crippen LogP contribution is -2.43. The maximum Gasteiger partial charge on any atom is 0.303 e. The monoisotopic (exact) mass is 507 g/mol. The van der Waals surface area contributed by atoms with E-state index in [1.807, 2.05) is 0 Å². The molecule has 1 aliphatic rings. The molecule has 6 nitrogen and oxygen atoms in total. The van der Waals surface area contributed by atoms with E-state index in [2.05, 4.69) is 38.8 Å². The summed E-state index contributed by atoms with van der Waals surface area (Å²) in [5.74, 6) is -2.93. The number of carboxylic acids is 1. The van der Waals surface area contributed by atoms with Crippen molar-refractivity contribution >= 4 is 14.3 Å². The number of benzene rings is 1. The molecule has 1 N–H and O–H groups in total. The van der Waals surface area contributed by atoms with Crippen molar-refractivity contribution in [1.82, 2.24) is 4.98 Å². The van der Waals surface area contributed by atoms with Crippen molar-refractivity contribution in [3.05, 3.63) is 42.1 Å². The third-order valence-corrected chi connectivity index (χ3v) is 11.3. The van der Waals surface area contributed by atoms with Crippen LogP contribution in [-0.2, 0) is 9.22 Å². The zero-order valence-corrected chi connectivity index (χ0v) is 22.1. The standard InChI is InChI=1S/C26H35F2NO5Si/c1-26(2,3)35(4,5)34-19-11-10-18(16-19)33-25-20(8-6-12-29-25)17-14-21(27)24(22(28)15-17)32-13-7-9-23(30)31/h6,8,12,14-15,18-19H,7,9-11,13,16H2,1-5H3,(H,30,31). The van der Waals surface area contributed by atoms with E-state index in [4.69, 9.17) is 19.0 Å². The van der Waals surface area contributed by atoms with Gasteiger partial charge in [0.2, 0.25) is 5.88 Å². The van der Waals surface area contributed by atoms with Crippen molar-refractivity contribution in [3.63, 3.8) is 0 Å². The Kier molecular flexibility index (Phi) is 8.53. The molecule has 3 rings (SSSR count). The molecule has 0 radical (unpaired) electrons. The minimum atomic E-state index is -1.89. The van der Waals surface area contributed by atoms with Gasteiger partial charge in [0, 0.05) is 30.7 Å². The molecular weight excluding hydrogens is 472 g/mol. The van der Waals surface area contributed by atoms with Crippen LogP contribution in [0, 0.1) is 11.6 Å².